The number of aliphatic hydroxyl groups excluding tert-OH is 1. The molecular weight excluding hydrogens is 252 g/mol. The van der Waals surface area contributed by atoms with Crippen molar-refractivity contribution in [2.24, 2.45) is 0 Å². The summed E-state index contributed by atoms with van der Waals surface area (Å²) in [6.45, 7) is -0.0215. The second kappa shape index (κ2) is 5.67. The lowest BCUT2D eigenvalue weighted by Gasteiger charge is -2.36. The molecule has 1 amide bonds. The first-order valence-electron chi connectivity index (χ1n) is 6.20. The van der Waals surface area contributed by atoms with Crippen molar-refractivity contribution in [1.82, 2.24) is 10.3 Å². The molecule has 98 valence electrons. The monoisotopic (exact) mass is 268 g/mol. The van der Waals surface area contributed by atoms with E-state index in [4.69, 9.17) is 11.6 Å². The molecule has 2 rings (SSSR count). The Labute approximate surface area is 111 Å². The Hall–Kier alpha value is -1.13. The van der Waals surface area contributed by atoms with Crippen molar-refractivity contribution in [3.05, 3.63) is 29.0 Å². The summed E-state index contributed by atoms with van der Waals surface area (Å²) in [7, 11) is 0. The molecular formula is C13H17ClN2O2. The average Bonchev–Trinajstić information content (AvgIpc) is 2.40. The van der Waals surface area contributed by atoms with Gasteiger partial charge >= 0.3 is 0 Å². The Bertz CT molecular complexity index is 414. The number of amides is 1. The predicted octanol–water partition coefficient (Wildman–Crippen LogP) is 2.16. The Morgan fingerprint density at radius 1 is 1.39 bits per heavy atom. The fraction of sp³-hybridized carbons (Fsp3) is 0.538. The number of halogens is 1. The smallest absolute Gasteiger partial charge is 0.270 e. The Morgan fingerprint density at radius 3 is 2.67 bits per heavy atom. The summed E-state index contributed by atoms with van der Waals surface area (Å²) in [5, 5.41) is 12.9. The van der Waals surface area contributed by atoms with E-state index in [-0.39, 0.29) is 12.5 Å². The maximum absolute atomic E-state index is 12.1. The molecule has 1 aromatic rings. The minimum Gasteiger partial charge on any atom is -0.394 e. The van der Waals surface area contributed by atoms with Crippen LogP contribution < -0.4 is 5.32 Å². The van der Waals surface area contributed by atoms with E-state index in [0.29, 0.717) is 10.7 Å². The second-order valence-electron chi connectivity index (χ2n) is 4.81. The normalized spacial score (nSPS) is 18.3. The molecule has 1 aliphatic carbocycles. The van der Waals surface area contributed by atoms with E-state index in [2.05, 4.69) is 10.3 Å². The number of nitrogens with zero attached hydrogens (tertiary/aromatic N) is 1. The van der Waals surface area contributed by atoms with E-state index in [9.17, 15) is 9.90 Å². The number of carbonyl (C=O) groups is 1. The van der Waals surface area contributed by atoms with Gasteiger partial charge in [0.25, 0.3) is 5.91 Å². The number of pyridine rings is 1. The SMILES string of the molecule is O=C(NC1(CO)CCCCC1)c1ccc(Cl)cn1. The third kappa shape index (κ3) is 3.00. The molecule has 4 nitrogen and oxygen atoms in total. The lowest BCUT2D eigenvalue weighted by molar-refractivity contribution is 0.0754. The minimum atomic E-state index is -0.476. The molecule has 18 heavy (non-hydrogen) atoms. The highest BCUT2D eigenvalue weighted by atomic mass is 35.5. The van der Waals surface area contributed by atoms with Gasteiger partial charge in [0.1, 0.15) is 5.69 Å². The number of rotatable bonds is 3. The quantitative estimate of drug-likeness (QED) is 0.883. The average molecular weight is 269 g/mol. The van der Waals surface area contributed by atoms with E-state index < -0.39 is 5.54 Å². The van der Waals surface area contributed by atoms with E-state index in [1.165, 1.54) is 6.20 Å². The number of hydrogen-bond acceptors (Lipinski definition) is 3. The van der Waals surface area contributed by atoms with E-state index >= 15 is 0 Å². The van der Waals surface area contributed by atoms with Crippen LogP contribution in [0.15, 0.2) is 18.3 Å². The van der Waals surface area contributed by atoms with E-state index in [1.807, 2.05) is 0 Å². The van der Waals surface area contributed by atoms with Crippen LogP contribution in [0, 0.1) is 0 Å². The van der Waals surface area contributed by atoms with Crippen molar-refractivity contribution < 1.29 is 9.90 Å². The summed E-state index contributed by atoms with van der Waals surface area (Å²) in [6, 6.07) is 3.22. The Balaban J connectivity index is 2.07. The molecule has 2 N–H and O–H groups in total. The van der Waals surface area contributed by atoms with Crippen LogP contribution in [0.4, 0.5) is 0 Å². The highest BCUT2D eigenvalue weighted by Crippen LogP contribution is 2.28. The summed E-state index contributed by atoms with van der Waals surface area (Å²) in [6.07, 6.45) is 6.33. The van der Waals surface area contributed by atoms with Gasteiger partial charge in [0.15, 0.2) is 0 Å². The molecule has 0 saturated heterocycles. The lowest BCUT2D eigenvalue weighted by Crippen LogP contribution is -2.52. The predicted molar refractivity (Wildman–Crippen MR) is 69.6 cm³/mol. The standard InChI is InChI=1S/C13H17ClN2O2/c14-10-4-5-11(15-8-10)12(18)16-13(9-17)6-2-1-3-7-13/h4-5,8,17H,1-3,6-7,9H2,(H,16,18). The van der Waals surface area contributed by atoms with Crippen LogP contribution in [-0.4, -0.2) is 28.1 Å². The molecule has 0 aromatic carbocycles. The third-order valence-electron chi connectivity index (χ3n) is 3.45. The van der Waals surface area contributed by atoms with Crippen LogP contribution in [0.25, 0.3) is 0 Å². The fourth-order valence-electron chi connectivity index (χ4n) is 2.37. The molecule has 1 aromatic heterocycles. The molecule has 1 heterocycles. The van der Waals surface area contributed by atoms with Crippen LogP contribution in [-0.2, 0) is 0 Å². The minimum absolute atomic E-state index is 0.0215. The van der Waals surface area contributed by atoms with Crippen molar-refractivity contribution in [3.8, 4) is 0 Å². The van der Waals surface area contributed by atoms with Gasteiger partial charge in [-0.2, -0.15) is 0 Å². The summed E-state index contributed by atoms with van der Waals surface area (Å²) < 4.78 is 0. The summed E-state index contributed by atoms with van der Waals surface area (Å²) in [5.41, 5.74) is -0.144. The Morgan fingerprint density at radius 2 is 2.11 bits per heavy atom. The van der Waals surface area contributed by atoms with Crippen molar-refractivity contribution in [2.45, 2.75) is 37.6 Å². The highest BCUT2D eigenvalue weighted by Gasteiger charge is 2.33. The zero-order valence-corrected chi connectivity index (χ0v) is 10.9. The van der Waals surface area contributed by atoms with Gasteiger partial charge in [0.05, 0.1) is 17.2 Å². The zero-order valence-electron chi connectivity index (χ0n) is 10.2. The fourth-order valence-corrected chi connectivity index (χ4v) is 2.48. The molecule has 0 aliphatic heterocycles. The first-order chi connectivity index (χ1) is 8.65. The number of carbonyl (C=O) groups excluding carboxylic acids is 1. The number of aliphatic hydroxyl groups is 1. The van der Waals surface area contributed by atoms with Crippen molar-refractivity contribution in [1.29, 1.82) is 0 Å². The van der Waals surface area contributed by atoms with Crippen molar-refractivity contribution in [2.75, 3.05) is 6.61 Å². The van der Waals surface area contributed by atoms with Gasteiger partial charge < -0.3 is 10.4 Å². The van der Waals surface area contributed by atoms with Gasteiger partial charge in [-0.05, 0) is 25.0 Å². The van der Waals surface area contributed by atoms with Gasteiger partial charge in [-0.25, -0.2) is 4.98 Å². The van der Waals surface area contributed by atoms with Crippen molar-refractivity contribution in [3.63, 3.8) is 0 Å². The van der Waals surface area contributed by atoms with Crippen LogP contribution >= 0.6 is 11.6 Å². The van der Waals surface area contributed by atoms with E-state index in [1.54, 1.807) is 12.1 Å². The van der Waals surface area contributed by atoms with Gasteiger partial charge in [-0.3, -0.25) is 4.79 Å². The highest BCUT2D eigenvalue weighted by molar-refractivity contribution is 6.30. The molecule has 1 aliphatic rings. The molecule has 1 saturated carbocycles. The van der Waals surface area contributed by atoms with Crippen LogP contribution in [0.5, 0.6) is 0 Å². The first-order valence-corrected chi connectivity index (χ1v) is 6.58. The molecule has 0 unspecified atom stereocenters. The maximum Gasteiger partial charge on any atom is 0.270 e. The number of hydrogen-bond donors (Lipinski definition) is 2. The molecule has 1 fully saturated rings. The molecule has 0 radical (unpaired) electrons. The van der Waals surface area contributed by atoms with Gasteiger partial charge in [-0.1, -0.05) is 30.9 Å². The lowest BCUT2D eigenvalue weighted by atomic mass is 9.82. The second-order valence-corrected chi connectivity index (χ2v) is 5.25. The van der Waals surface area contributed by atoms with Crippen LogP contribution in [0.1, 0.15) is 42.6 Å². The van der Waals surface area contributed by atoms with Gasteiger partial charge in [0.2, 0.25) is 0 Å². The first kappa shape index (κ1) is 13.3. The number of aromatic nitrogens is 1. The Kier molecular flexibility index (Phi) is 4.19. The maximum atomic E-state index is 12.1. The molecule has 5 heteroatoms. The van der Waals surface area contributed by atoms with Crippen molar-refractivity contribution >= 4 is 17.5 Å². The molecule has 0 spiro atoms. The summed E-state index contributed by atoms with van der Waals surface area (Å²) in [4.78, 5) is 16.0. The van der Waals surface area contributed by atoms with Crippen LogP contribution in [0.3, 0.4) is 0 Å². The topological polar surface area (TPSA) is 62.2 Å². The number of nitrogens with one attached hydrogen (secondary N) is 1. The largest absolute Gasteiger partial charge is 0.394 e. The molecule has 0 bridgehead atoms. The van der Waals surface area contributed by atoms with Gasteiger partial charge in [0, 0.05) is 6.20 Å². The third-order valence-corrected chi connectivity index (χ3v) is 3.68. The van der Waals surface area contributed by atoms with Gasteiger partial charge in [-0.15, -0.1) is 0 Å². The van der Waals surface area contributed by atoms with Crippen LogP contribution in [0.2, 0.25) is 5.02 Å². The zero-order chi connectivity index (χ0) is 13.0. The summed E-state index contributed by atoms with van der Waals surface area (Å²) >= 11 is 5.73. The van der Waals surface area contributed by atoms with E-state index in [0.717, 1.165) is 32.1 Å². The summed E-state index contributed by atoms with van der Waals surface area (Å²) in [5.74, 6) is -0.248. The molecule has 0 atom stereocenters.